The van der Waals surface area contributed by atoms with Crippen molar-refractivity contribution in [3.05, 3.63) is 70.2 Å². The number of benzene rings is 1. The molecule has 1 aromatic carbocycles. The zero-order valence-electron chi connectivity index (χ0n) is 17.0. The number of anilines is 3. The first kappa shape index (κ1) is 20.2. The SMILES string of the molecule is O=c1[nH]ncc2cc(Oc3ccccc3Cl)nc(Nc3ccc(N4CCNCC4)cn3)c12. The summed E-state index contributed by atoms with van der Waals surface area (Å²) in [5.74, 6) is 1.61. The molecule has 0 spiro atoms. The maximum atomic E-state index is 12.5. The predicted octanol–water partition coefficient (Wildman–Crippen LogP) is 3.31. The van der Waals surface area contributed by atoms with Crippen LogP contribution in [0.2, 0.25) is 5.02 Å². The lowest BCUT2D eigenvalue weighted by Gasteiger charge is -2.29. The normalized spacial score (nSPS) is 13.8. The van der Waals surface area contributed by atoms with Gasteiger partial charge in [0.25, 0.3) is 5.56 Å². The van der Waals surface area contributed by atoms with Gasteiger partial charge in [-0.15, -0.1) is 0 Å². The highest BCUT2D eigenvalue weighted by molar-refractivity contribution is 6.32. The number of piperazine rings is 1. The number of aromatic amines is 1. The van der Waals surface area contributed by atoms with E-state index in [0.717, 1.165) is 31.9 Å². The summed E-state index contributed by atoms with van der Waals surface area (Å²) in [6, 6.07) is 12.6. The lowest BCUT2D eigenvalue weighted by Crippen LogP contribution is -2.43. The van der Waals surface area contributed by atoms with E-state index < -0.39 is 0 Å². The van der Waals surface area contributed by atoms with E-state index in [4.69, 9.17) is 16.3 Å². The minimum absolute atomic E-state index is 0.276. The number of halogens is 1. The third-order valence-corrected chi connectivity index (χ3v) is 5.46. The summed E-state index contributed by atoms with van der Waals surface area (Å²) in [7, 11) is 0. The zero-order chi connectivity index (χ0) is 21.9. The van der Waals surface area contributed by atoms with E-state index in [0.29, 0.717) is 33.2 Å². The maximum Gasteiger partial charge on any atom is 0.275 e. The Kier molecular flexibility index (Phi) is 5.57. The van der Waals surface area contributed by atoms with Gasteiger partial charge in [-0.2, -0.15) is 10.1 Å². The Labute approximate surface area is 188 Å². The third kappa shape index (κ3) is 4.20. The fourth-order valence-corrected chi connectivity index (χ4v) is 3.75. The topological polar surface area (TPSA) is 108 Å². The fraction of sp³-hybridized carbons (Fsp3) is 0.182. The van der Waals surface area contributed by atoms with Gasteiger partial charge in [-0.3, -0.25) is 4.79 Å². The van der Waals surface area contributed by atoms with Gasteiger partial charge in [0.05, 0.1) is 28.5 Å². The van der Waals surface area contributed by atoms with Crippen LogP contribution in [0.25, 0.3) is 10.8 Å². The Balaban J connectivity index is 1.48. The molecule has 1 saturated heterocycles. The molecule has 1 aliphatic heterocycles. The number of hydrogen-bond donors (Lipinski definition) is 3. The molecule has 9 nitrogen and oxygen atoms in total. The Bertz CT molecular complexity index is 1300. The number of nitrogens with one attached hydrogen (secondary N) is 3. The van der Waals surface area contributed by atoms with E-state index >= 15 is 0 Å². The van der Waals surface area contributed by atoms with Crippen LogP contribution in [0.3, 0.4) is 0 Å². The molecule has 1 aliphatic rings. The molecule has 10 heteroatoms. The zero-order valence-corrected chi connectivity index (χ0v) is 17.8. The summed E-state index contributed by atoms with van der Waals surface area (Å²) < 4.78 is 5.88. The number of aromatic nitrogens is 4. The standard InChI is InChI=1S/C22H20ClN7O2/c23-16-3-1-2-4-17(16)32-19-11-14-12-26-29-22(31)20(14)21(28-19)27-18-6-5-15(13-25-18)30-9-7-24-8-10-30/h1-6,11-13,24H,7-10H2,(H,29,31)(H,25,27,28). The molecule has 1 fully saturated rings. The van der Waals surface area contributed by atoms with Crippen molar-refractivity contribution < 1.29 is 4.74 Å². The number of rotatable bonds is 5. The fourth-order valence-electron chi connectivity index (χ4n) is 3.57. The number of hydrogen-bond acceptors (Lipinski definition) is 8. The summed E-state index contributed by atoms with van der Waals surface area (Å²) in [5.41, 5.74) is 0.687. The number of ether oxygens (including phenoxy) is 1. The smallest absolute Gasteiger partial charge is 0.275 e. The highest BCUT2D eigenvalue weighted by atomic mass is 35.5. The number of pyridine rings is 2. The van der Waals surface area contributed by atoms with Gasteiger partial charge in [-0.25, -0.2) is 10.1 Å². The van der Waals surface area contributed by atoms with Gasteiger partial charge in [0.1, 0.15) is 17.4 Å². The molecule has 3 N–H and O–H groups in total. The Hall–Kier alpha value is -3.69. The number of nitrogens with zero attached hydrogens (tertiary/aromatic N) is 4. The van der Waals surface area contributed by atoms with Crippen molar-refractivity contribution in [1.29, 1.82) is 0 Å². The van der Waals surface area contributed by atoms with Crippen LogP contribution in [0.5, 0.6) is 11.6 Å². The Morgan fingerprint density at radius 2 is 1.94 bits per heavy atom. The third-order valence-electron chi connectivity index (χ3n) is 5.15. The van der Waals surface area contributed by atoms with Crippen LogP contribution in [0, 0.1) is 0 Å². The van der Waals surface area contributed by atoms with Crippen LogP contribution in [0.1, 0.15) is 0 Å². The van der Waals surface area contributed by atoms with Crippen molar-refractivity contribution in [3.63, 3.8) is 0 Å². The van der Waals surface area contributed by atoms with Crippen molar-refractivity contribution in [3.8, 4) is 11.6 Å². The van der Waals surface area contributed by atoms with Crippen molar-refractivity contribution in [2.24, 2.45) is 0 Å². The van der Waals surface area contributed by atoms with Crippen molar-refractivity contribution in [1.82, 2.24) is 25.5 Å². The Morgan fingerprint density at radius 1 is 1.09 bits per heavy atom. The summed E-state index contributed by atoms with van der Waals surface area (Å²) in [6.45, 7) is 3.77. The van der Waals surface area contributed by atoms with Crippen LogP contribution >= 0.6 is 11.6 Å². The molecule has 0 atom stereocenters. The average Bonchev–Trinajstić information content (AvgIpc) is 2.82. The molecule has 5 rings (SSSR count). The number of fused-ring (bicyclic) bond motifs is 1. The van der Waals surface area contributed by atoms with Crippen LogP contribution in [0.15, 0.2) is 59.7 Å². The molecule has 0 saturated carbocycles. The lowest BCUT2D eigenvalue weighted by molar-refractivity contribution is 0.465. The van der Waals surface area contributed by atoms with E-state index in [-0.39, 0.29) is 11.4 Å². The highest BCUT2D eigenvalue weighted by Gasteiger charge is 2.14. The molecular weight excluding hydrogens is 430 g/mol. The van der Waals surface area contributed by atoms with Crippen LogP contribution < -0.4 is 25.8 Å². The molecule has 0 unspecified atom stereocenters. The average molecular weight is 450 g/mol. The lowest BCUT2D eigenvalue weighted by atomic mass is 10.2. The van der Waals surface area contributed by atoms with E-state index in [2.05, 4.69) is 35.7 Å². The van der Waals surface area contributed by atoms with Gasteiger partial charge in [0, 0.05) is 37.6 Å². The minimum atomic E-state index is -0.362. The molecule has 0 amide bonds. The molecular formula is C22H20ClN7O2. The maximum absolute atomic E-state index is 12.5. The predicted molar refractivity (Wildman–Crippen MR) is 124 cm³/mol. The minimum Gasteiger partial charge on any atom is -0.437 e. The quantitative estimate of drug-likeness (QED) is 0.426. The summed E-state index contributed by atoms with van der Waals surface area (Å²) >= 11 is 6.21. The number of para-hydroxylation sites is 1. The molecule has 0 radical (unpaired) electrons. The molecule has 4 heterocycles. The van der Waals surface area contributed by atoms with Gasteiger partial charge in [0.15, 0.2) is 0 Å². The van der Waals surface area contributed by atoms with Gasteiger partial charge in [-0.05, 0) is 24.3 Å². The van der Waals surface area contributed by atoms with Gasteiger partial charge >= 0.3 is 0 Å². The summed E-state index contributed by atoms with van der Waals surface area (Å²) in [5, 5.41) is 14.2. The van der Waals surface area contributed by atoms with Crippen LogP contribution in [0.4, 0.5) is 17.3 Å². The Morgan fingerprint density at radius 3 is 2.72 bits per heavy atom. The molecule has 3 aromatic heterocycles. The summed E-state index contributed by atoms with van der Waals surface area (Å²) in [4.78, 5) is 23.8. The largest absolute Gasteiger partial charge is 0.437 e. The second-order valence-corrected chi connectivity index (χ2v) is 7.68. The van der Waals surface area contributed by atoms with Crippen LogP contribution in [-0.2, 0) is 0 Å². The highest BCUT2D eigenvalue weighted by Crippen LogP contribution is 2.31. The second kappa shape index (κ2) is 8.81. The van der Waals surface area contributed by atoms with Crippen LogP contribution in [-0.4, -0.2) is 46.3 Å². The van der Waals surface area contributed by atoms with Crippen molar-refractivity contribution in [2.75, 3.05) is 36.4 Å². The number of H-pyrrole nitrogens is 1. The second-order valence-electron chi connectivity index (χ2n) is 7.27. The van der Waals surface area contributed by atoms with E-state index in [1.54, 1.807) is 24.4 Å². The van der Waals surface area contributed by atoms with Crippen molar-refractivity contribution >= 4 is 39.7 Å². The first-order valence-corrected chi connectivity index (χ1v) is 10.5. The monoisotopic (exact) mass is 449 g/mol. The van der Waals surface area contributed by atoms with Gasteiger partial charge in [0.2, 0.25) is 5.88 Å². The van der Waals surface area contributed by atoms with Crippen molar-refractivity contribution in [2.45, 2.75) is 0 Å². The van der Waals surface area contributed by atoms with E-state index in [1.165, 1.54) is 0 Å². The first-order valence-electron chi connectivity index (χ1n) is 10.2. The molecule has 0 bridgehead atoms. The van der Waals surface area contributed by atoms with E-state index in [1.807, 2.05) is 30.5 Å². The van der Waals surface area contributed by atoms with E-state index in [9.17, 15) is 4.79 Å². The first-order chi connectivity index (χ1) is 15.7. The van der Waals surface area contributed by atoms with Gasteiger partial charge in [-0.1, -0.05) is 23.7 Å². The molecule has 32 heavy (non-hydrogen) atoms. The molecule has 0 aliphatic carbocycles. The molecule has 4 aromatic rings. The summed E-state index contributed by atoms with van der Waals surface area (Å²) in [6.07, 6.45) is 3.36. The molecule has 162 valence electrons. The van der Waals surface area contributed by atoms with Gasteiger partial charge < -0.3 is 20.3 Å².